The van der Waals surface area contributed by atoms with Crippen LogP contribution in [0.3, 0.4) is 0 Å². The molecule has 0 spiro atoms. The zero-order valence-electron chi connectivity index (χ0n) is 13.3. The van der Waals surface area contributed by atoms with Crippen molar-refractivity contribution >= 4 is 0 Å². The van der Waals surface area contributed by atoms with Crippen molar-refractivity contribution in [2.45, 2.75) is 83.0 Å². The van der Waals surface area contributed by atoms with Crippen molar-refractivity contribution in [1.82, 2.24) is 10.2 Å². The highest BCUT2D eigenvalue weighted by Gasteiger charge is 2.44. The molecule has 0 radical (unpaired) electrons. The van der Waals surface area contributed by atoms with Crippen LogP contribution >= 0.6 is 0 Å². The van der Waals surface area contributed by atoms with Crippen LogP contribution in [-0.4, -0.2) is 48.8 Å². The van der Waals surface area contributed by atoms with Crippen LogP contribution in [0.15, 0.2) is 0 Å². The van der Waals surface area contributed by atoms with Crippen LogP contribution in [-0.2, 0) is 4.74 Å². The van der Waals surface area contributed by atoms with Gasteiger partial charge in [-0.3, -0.25) is 4.90 Å². The second-order valence-corrected chi connectivity index (χ2v) is 7.15. The van der Waals surface area contributed by atoms with Gasteiger partial charge in [0.2, 0.25) is 0 Å². The van der Waals surface area contributed by atoms with Gasteiger partial charge in [0.1, 0.15) is 0 Å². The second-order valence-electron chi connectivity index (χ2n) is 7.15. The molecule has 3 aliphatic heterocycles. The van der Waals surface area contributed by atoms with Crippen LogP contribution in [0.4, 0.5) is 0 Å². The highest BCUT2D eigenvalue weighted by atomic mass is 16.5. The fourth-order valence-corrected chi connectivity index (χ4v) is 4.84. The number of fused-ring (bicyclic) bond motifs is 2. The lowest BCUT2D eigenvalue weighted by Gasteiger charge is -2.46. The molecule has 0 aliphatic carbocycles. The lowest BCUT2D eigenvalue weighted by atomic mass is 9.87. The van der Waals surface area contributed by atoms with E-state index in [9.17, 15) is 0 Å². The Morgan fingerprint density at radius 2 is 1.75 bits per heavy atom. The van der Waals surface area contributed by atoms with E-state index >= 15 is 0 Å². The van der Waals surface area contributed by atoms with Crippen LogP contribution in [0.5, 0.6) is 0 Å². The summed E-state index contributed by atoms with van der Waals surface area (Å²) in [6.45, 7) is 7.92. The average Bonchev–Trinajstić information content (AvgIpc) is 2.76. The summed E-state index contributed by atoms with van der Waals surface area (Å²) in [6.07, 6.45) is 9.43. The molecule has 3 unspecified atom stereocenters. The van der Waals surface area contributed by atoms with E-state index in [1.165, 1.54) is 51.5 Å². The maximum Gasteiger partial charge on any atom is 0.0469 e. The van der Waals surface area contributed by atoms with Gasteiger partial charge in [-0.05, 0) is 64.3 Å². The zero-order chi connectivity index (χ0) is 13.9. The molecule has 3 saturated heterocycles. The van der Waals surface area contributed by atoms with Crippen molar-refractivity contribution in [3.05, 3.63) is 0 Å². The average molecular weight is 280 g/mol. The minimum Gasteiger partial charge on any atom is -0.381 e. The first-order valence-corrected chi connectivity index (χ1v) is 8.88. The Hall–Kier alpha value is -0.120. The summed E-state index contributed by atoms with van der Waals surface area (Å²) < 4.78 is 5.54. The zero-order valence-corrected chi connectivity index (χ0v) is 13.3. The Bertz CT molecular complexity index is 289. The molecular weight excluding hydrogens is 248 g/mol. The molecule has 0 aromatic heterocycles. The van der Waals surface area contributed by atoms with Crippen molar-refractivity contribution in [2.75, 3.05) is 19.8 Å². The molecule has 0 aromatic rings. The first-order valence-electron chi connectivity index (χ1n) is 8.88. The van der Waals surface area contributed by atoms with Crippen molar-refractivity contribution in [1.29, 1.82) is 0 Å². The van der Waals surface area contributed by atoms with E-state index in [2.05, 4.69) is 24.1 Å². The summed E-state index contributed by atoms with van der Waals surface area (Å²) in [7, 11) is 0. The van der Waals surface area contributed by atoms with E-state index in [1.807, 2.05) is 0 Å². The highest BCUT2D eigenvalue weighted by molar-refractivity contribution is 5.00. The third kappa shape index (κ3) is 3.05. The first-order chi connectivity index (χ1) is 9.79. The lowest BCUT2D eigenvalue weighted by molar-refractivity contribution is -0.00103. The molecule has 3 rings (SSSR count). The quantitative estimate of drug-likeness (QED) is 0.838. The van der Waals surface area contributed by atoms with Gasteiger partial charge < -0.3 is 10.1 Å². The van der Waals surface area contributed by atoms with E-state index in [-0.39, 0.29) is 0 Å². The van der Waals surface area contributed by atoms with Gasteiger partial charge in [0.15, 0.2) is 0 Å². The number of rotatable bonds is 5. The number of piperidine rings is 1. The normalized spacial score (nSPS) is 37.2. The molecule has 3 aliphatic rings. The molecule has 20 heavy (non-hydrogen) atoms. The standard InChI is InChI=1S/C17H32N2O/c1-3-8-18-15-11-16-4-5-17(12-15)19(16)13(2)14-6-9-20-10-7-14/h13-18H,3-12H2,1-2H3. The fraction of sp³-hybridized carbons (Fsp3) is 1.00. The number of nitrogens with one attached hydrogen (secondary N) is 1. The Balaban J connectivity index is 1.58. The summed E-state index contributed by atoms with van der Waals surface area (Å²) in [5.74, 6) is 0.868. The molecule has 0 amide bonds. The molecule has 116 valence electrons. The van der Waals surface area contributed by atoms with Crippen molar-refractivity contribution in [2.24, 2.45) is 5.92 Å². The van der Waals surface area contributed by atoms with Gasteiger partial charge in [-0.1, -0.05) is 6.92 Å². The Labute approximate surface area is 124 Å². The van der Waals surface area contributed by atoms with Crippen molar-refractivity contribution < 1.29 is 4.74 Å². The molecule has 3 atom stereocenters. The van der Waals surface area contributed by atoms with E-state index in [0.717, 1.165) is 43.3 Å². The van der Waals surface area contributed by atoms with E-state index < -0.39 is 0 Å². The van der Waals surface area contributed by atoms with Crippen molar-refractivity contribution in [3.8, 4) is 0 Å². The topological polar surface area (TPSA) is 24.5 Å². The lowest BCUT2D eigenvalue weighted by Crippen LogP contribution is -2.54. The minimum absolute atomic E-state index is 0.767. The minimum atomic E-state index is 0.767. The predicted octanol–water partition coefficient (Wildman–Crippen LogP) is 2.80. The molecule has 3 fully saturated rings. The van der Waals surface area contributed by atoms with Crippen LogP contribution in [0.2, 0.25) is 0 Å². The largest absolute Gasteiger partial charge is 0.381 e. The van der Waals surface area contributed by atoms with E-state index in [4.69, 9.17) is 4.74 Å². The van der Waals surface area contributed by atoms with Crippen LogP contribution < -0.4 is 5.32 Å². The predicted molar refractivity (Wildman–Crippen MR) is 83.0 cm³/mol. The molecule has 0 saturated carbocycles. The summed E-state index contributed by atoms with van der Waals surface area (Å²) in [5, 5.41) is 3.76. The maximum absolute atomic E-state index is 5.54. The Morgan fingerprint density at radius 1 is 1.10 bits per heavy atom. The third-order valence-electron chi connectivity index (χ3n) is 5.89. The monoisotopic (exact) mass is 280 g/mol. The summed E-state index contributed by atoms with van der Waals surface area (Å²) in [5.41, 5.74) is 0. The second kappa shape index (κ2) is 6.76. The van der Waals surface area contributed by atoms with Crippen LogP contribution in [0.25, 0.3) is 0 Å². The number of ether oxygens (including phenoxy) is 1. The number of nitrogens with zero attached hydrogens (tertiary/aromatic N) is 1. The Morgan fingerprint density at radius 3 is 2.35 bits per heavy atom. The van der Waals surface area contributed by atoms with Gasteiger partial charge in [0.05, 0.1) is 0 Å². The van der Waals surface area contributed by atoms with Crippen LogP contribution in [0.1, 0.15) is 58.8 Å². The van der Waals surface area contributed by atoms with Crippen LogP contribution in [0, 0.1) is 5.92 Å². The number of hydrogen-bond donors (Lipinski definition) is 1. The number of hydrogen-bond acceptors (Lipinski definition) is 3. The molecule has 2 bridgehead atoms. The van der Waals surface area contributed by atoms with Gasteiger partial charge in [0.25, 0.3) is 0 Å². The maximum atomic E-state index is 5.54. The molecule has 3 heteroatoms. The van der Waals surface area contributed by atoms with E-state index in [1.54, 1.807) is 0 Å². The third-order valence-corrected chi connectivity index (χ3v) is 5.89. The van der Waals surface area contributed by atoms with Gasteiger partial charge >= 0.3 is 0 Å². The molecule has 3 heterocycles. The van der Waals surface area contributed by atoms with E-state index in [0.29, 0.717) is 0 Å². The summed E-state index contributed by atoms with van der Waals surface area (Å²) in [4.78, 5) is 2.90. The SMILES string of the molecule is CCCNC1CC2CCC(C1)N2C(C)C1CCOCC1. The van der Waals surface area contributed by atoms with Gasteiger partial charge in [-0.15, -0.1) is 0 Å². The molecular formula is C17H32N2O. The molecule has 3 nitrogen and oxygen atoms in total. The van der Waals surface area contributed by atoms with Crippen molar-refractivity contribution in [3.63, 3.8) is 0 Å². The molecule has 1 N–H and O–H groups in total. The summed E-state index contributed by atoms with van der Waals surface area (Å²) in [6, 6.07) is 3.25. The first kappa shape index (κ1) is 14.8. The Kier molecular flexibility index (Phi) is 5.00. The smallest absolute Gasteiger partial charge is 0.0469 e. The molecule has 0 aromatic carbocycles. The van der Waals surface area contributed by atoms with Gasteiger partial charge in [-0.2, -0.15) is 0 Å². The summed E-state index contributed by atoms with van der Waals surface area (Å²) >= 11 is 0. The highest BCUT2D eigenvalue weighted by Crippen LogP contribution is 2.40. The fourth-order valence-electron chi connectivity index (χ4n) is 4.84. The van der Waals surface area contributed by atoms with Gasteiger partial charge in [0, 0.05) is 37.4 Å². The van der Waals surface area contributed by atoms with Gasteiger partial charge in [-0.25, -0.2) is 0 Å².